The van der Waals surface area contributed by atoms with E-state index in [9.17, 15) is 14.4 Å². The first kappa shape index (κ1) is 30.1. The van der Waals surface area contributed by atoms with Gasteiger partial charge in [-0.3, -0.25) is 9.59 Å². The molecule has 6 rings (SSSR count). The second kappa shape index (κ2) is 10.1. The molecular weight excluding hydrogens is 528 g/mol. The topological polar surface area (TPSA) is 84.9 Å². The van der Waals surface area contributed by atoms with Gasteiger partial charge in [-0.1, -0.05) is 47.1 Å². The van der Waals surface area contributed by atoms with Crippen molar-refractivity contribution in [2.24, 2.45) is 50.7 Å². The predicted molar refractivity (Wildman–Crippen MR) is 162 cm³/mol. The van der Waals surface area contributed by atoms with Gasteiger partial charge < -0.3 is 19.7 Å². The molecule has 1 aliphatic heterocycles. The molecule has 6 aliphatic rings. The fourth-order valence-corrected chi connectivity index (χ4v) is 11.7. The van der Waals surface area contributed by atoms with E-state index < -0.39 is 0 Å². The molecule has 1 N–H and O–H groups in total. The summed E-state index contributed by atoms with van der Waals surface area (Å²) in [7, 11) is 1.50. The van der Waals surface area contributed by atoms with E-state index in [1.807, 2.05) is 4.90 Å². The lowest BCUT2D eigenvalue weighted by molar-refractivity contribution is -0.188. The molecule has 9 atom stereocenters. The van der Waals surface area contributed by atoms with Gasteiger partial charge in [-0.2, -0.15) is 0 Å². The van der Waals surface area contributed by atoms with Crippen molar-refractivity contribution >= 4 is 17.8 Å². The molecule has 7 nitrogen and oxygen atoms in total. The summed E-state index contributed by atoms with van der Waals surface area (Å²) in [6, 6.07) is 0.112. The number of fused-ring (bicyclic) bond motifs is 7. The van der Waals surface area contributed by atoms with E-state index in [0.717, 1.165) is 57.8 Å². The van der Waals surface area contributed by atoms with Gasteiger partial charge in [0.1, 0.15) is 0 Å². The first-order valence-corrected chi connectivity index (χ1v) is 16.7. The normalized spacial score (nSPS) is 46.3. The van der Waals surface area contributed by atoms with Crippen molar-refractivity contribution in [3.63, 3.8) is 0 Å². The Morgan fingerprint density at radius 1 is 0.952 bits per heavy atom. The standard InChI is InChI=1S/C35H54N2O5/c1-31(2)26-9-13-35(6)28(33(26,4)12-10-27(31)36-30(40)37-16-18-42-19-17-37)25(38)21-24-23-20-22(29(39)41-7)8-11-32(23,3)14-15-34(24,35)5/h21-23,26-28H,8-20H2,1-7H3,(H,36,40)/t22-,23-,26?,27?,28?,32+,33-,34+,35+/m0/s1. The third-order valence-electron chi connectivity index (χ3n) is 14.4. The van der Waals surface area contributed by atoms with Crippen LogP contribution in [-0.2, 0) is 19.1 Å². The number of nitrogens with one attached hydrogen (secondary N) is 1. The molecule has 2 amide bonds. The first-order chi connectivity index (χ1) is 19.7. The Balaban J connectivity index is 1.31. The molecule has 5 fully saturated rings. The van der Waals surface area contributed by atoms with Gasteiger partial charge >= 0.3 is 12.0 Å². The Bertz CT molecular complexity index is 1170. The van der Waals surface area contributed by atoms with Crippen LogP contribution in [0.2, 0.25) is 0 Å². The summed E-state index contributed by atoms with van der Waals surface area (Å²) in [5, 5.41) is 3.42. The van der Waals surface area contributed by atoms with Crippen LogP contribution in [0.5, 0.6) is 0 Å². The van der Waals surface area contributed by atoms with Crippen molar-refractivity contribution in [3.8, 4) is 0 Å². The zero-order valence-corrected chi connectivity index (χ0v) is 27.1. The van der Waals surface area contributed by atoms with Gasteiger partial charge in [-0.05, 0) is 103 Å². The number of nitrogens with zero attached hydrogens (tertiary/aromatic N) is 1. The Morgan fingerprint density at radius 3 is 2.36 bits per heavy atom. The number of allylic oxidation sites excluding steroid dienone is 2. The number of amides is 2. The largest absolute Gasteiger partial charge is 0.469 e. The highest BCUT2D eigenvalue weighted by molar-refractivity contribution is 5.95. The SMILES string of the molecule is COC(=O)[C@H]1CC[C@]2(C)CC[C@]3(C)C(=CC(=O)C4[C@@]5(C)CCC(NC(=O)N6CCOCC6)C(C)(C)C5CC[C@]43C)[C@@H]2C1. The van der Waals surface area contributed by atoms with Gasteiger partial charge in [0.05, 0.1) is 26.2 Å². The van der Waals surface area contributed by atoms with Crippen molar-refractivity contribution < 1.29 is 23.9 Å². The third kappa shape index (κ3) is 4.18. The van der Waals surface area contributed by atoms with Gasteiger partial charge in [0, 0.05) is 25.0 Å². The maximum Gasteiger partial charge on any atom is 0.317 e. The molecule has 0 spiro atoms. The minimum absolute atomic E-state index is 0.0254. The Morgan fingerprint density at radius 2 is 1.67 bits per heavy atom. The maximum absolute atomic E-state index is 14.6. The van der Waals surface area contributed by atoms with Crippen LogP contribution in [0.15, 0.2) is 11.6 Å². The summed E-state index contributed by atoms with van der Waals surface area (Å²) in [6.07, 6.45) is 11.0. The lowest BCUT2D eigenvalue weighted by atomic mass is 9.33. The number of ketones is 1. The molecule has 5 aliphatic carbocycles. The minimum atomic E-state index is -0.126. The summed E-state index contributed by atoms with van der Waals surface area (Å²) in [6.45, 7) is 16.9. The summed E-state index contributed by atoms with van der Waals surface area (Å²) < 4.78 is 10.6. The van der Waals surface area contributed by atoms with Crippen LogP contribution in [0.25, 0.3) is 0 Å². The minimum Gasteiger partial charge on any atom is -0.469 e. The number of hydrogen-bond donors (Lipinski definition) is 1. The molecule has 234 valence electrons. The first-order valence-electron chi connectivity index (χ1n) is 16.7. The number of morpholine rings is 1. The number of urea groups is 1. The van der Waals surface area contributed by atoms with Crippen LogP contribution >= 0.6 is 0 Å². The van der Waals surface area contributed by atoms with E-state index >= 15 is 0 Å². The second-order valence-corrected chi connectivity index (χ2v) is 16.4. The molecule has 7 heteroatoms. The summed E-state index contributed by atoms with van der Waals surface area (Å²) in [5.74, 6) is 0.716. The summed E-state index contributed by atoms with van der Waals surface area (Å²) >= 11 is 0. The Hall–Kier alpha value is -1.89. The highest BCUT2D eigenvalue weighted by Gasteiger charge is 2.70. The number of esters is 1. The molecule has 3 unspecified atom stereocenters. The number of ether oxygens (including phenoxy) is 2. The lowest BCUT2D eigenvalue weighted by Crippen LogP contribution is -2.68. The average Bonchev–Trinajstić information content (AvgIpc) is 2.95. The van der Waals surface area contributed by atoms with Crippen LogP contribution < -0.4 is 5.32 Å². The third-order valence-corrected chi connectivity index (χ3v) is 14.4. The molecule has 0 aromatic carbocycles. The number of rotatable bonds is 2. The molecule has 1 saturated heterocycles. The number of carbonyl (C=O) groups is 3. The highest BCUT2D eigenvalue weighted by Crippen LogP contribution is 2.74. The molecule has 42 heavy (non-hydrogen) atoms. The van der Waals surface area contributed by atoms with Gasteiger partial charge in [-0.15, -0.1) is 0 Å². The van der Waals surface area contributed by atoms with Gasteiger partial charge in [0.15, 0.2) is 5.78 Å². The molecule has 0 aromatic rings. The molecule has 0 bridgehead atoms. The van der Waals surface area contributed by atoms with E-state index in [1.165, 1.54) is 12.7 Å². The van der Waals surface area contributed by atoms with Crippen molar-refractivity contribution in [2.45, 2.75) is 105 Å². The summed E-state index contributed by atoms with van der Waals surface area (Å²) in [4.78, 5) is 42.3. The molecular formula is C35H54N2O5. The smallest absolute Gasteiger partial charge is 0.317 e. The van der Waals surface area contributed by atoms with Crippen LogP contribution in [0.4, 0.5) is 4.79 Å². The van der Waals surface area contributed by atoms with Gasteiger partial charge in [-0.25, -0.2) is 4.79 Å². The second-order valence-electron chi connectivity index (χ2n) is 16.4. The molecule has 4 saturated carbocycles. The van der Waals surface area contributed by atoms with Gasteiger partial charge in [0.25, 0.3) is 0 Å². The van der Waals surface area contributed by atoms with Crippen molar-refractivity contribution in [1.29, 1.82) is 0 Å². The number of hydrogen-bond acceptors (Lipinski definition) is 5. The summed E-state index contributed by atoms with van der Waals surface area (Å²) in [5.41, 5.74) is 1.04. The van der Waals surface area contributed by atoms with Crippen molar-refractivity contribution in [1.82, 2.24) is 10.2 Å². The van der Waals surface area contributed by atoms with E-state index in [1.54, 1.807) is 0 Å². The van der Waals surface area contributed by atoms with Crippen LogP contribution in [0, 0.1) is 50.7 Å². The zero-order chi connectivity index (χ0) is 30.3. The van der Waals surface area contributed by atoms with Crippen LogP contribution in [-0.4, -0.2) is 62.1 Å². The van der Waals surface area contributed by atoms with Crippen LogP contribution in [0.1, 0.15) is 99.3 Å². The molecule has 1 heterocycles. The maximum atomic E-state index is 14.6. The quantitative estimate of drug-likeness (QED) is 0.394. The molecule has 0 aromatic heterocycles. The fourth-order valence-electron chi connectivity index (χ4n) is 11.7. The lowest BCUT2D eigenvalue weighted by Gasteiger charge is -2.70. The van der Waals surface area contributed by atoms with E-state index in [0.29, 0.717) is 38.0 Å². The Labute approximate surface area is 252 Å². The van der Waals surface area contributed by atoms with E-state index in [2.05, 4.69) is 52.9 Å². The van der Waals surface area contributed by atoms with E-state index in [-0.39, 0.29) is 62.9 Å². The zero-order valence-electron chi connectivity index (χ0n) is 27.1. The fraction of sp³-hybridized carbons (Fsp3) is 0.857. The van der Waals surface area contributed by atoms with Crippen molar-refractivity contribution in [3.05, 3.63) is 11.6 Å². The average molecular weight is 583 g/mol. The molecule has 0 radical (unpaired) electrons. The van der Waals surface area contributed by atoms with Crippen molar-refractivity contribution in [2.75, 3.05) is 33.4 Å². The van der Waals surface area contributed by atoms with Crippen LogP contribution in [0.3, 0.4) is 0 Å². The van der Waals surface area contributed by atoms with Gasteiger partial charge in [0.2, 0.25) is 0 Å². The number of carbonyl (C=O) groups excluding carboxylic acids is 3. The highest BCUT2D eigenvalue weighted by atomic mass is 16.5. The predicted octanol–water partition coefficient (Wildman–Crippen LogP) is 6.16. The monoisotopic (exact) mass is 582 g/mol. The Kier molecular flexibility index (Phi) is 7.23. The van der Waals surface area contributed by atoms with E-state index in [4.69, 9.17) is 9.47 Å². The number of methoxy groups -OCH3 is 1.